The van der Waals surface area contributed by atoms with Crippen molar-refractivity contribution in [2.45, 2.75) is 34.1 Å². The van der Waals surface area contributed by atoms with E-state index in [9.17, 15) is 9.59 Å². The number of hydrogen-bond acceptors (Lipinski definition) is 5. The molecule has 3 aromatic rings. The molecule has 1 N–H and O–H groups in total. The molecule has 7 heteroatoms. The quantitative estimate of drug-likeness (QED) is 0.593. The zero-order chi connectivity index (χ0) is 22.8. The maximum atomic E-state index is 12.7. The van der Waals surface area contributed by atoms with Gasteiger partial charge in [-0.15, -0.1) is 0 Å². The van der Waals surface area contributed by atoms with Gasteiger partial charge in [-0.05, 0) is 57.0 Å². The van der Waals surface area contributed by atoms with Crippen molar-refractivity contribution in [1.82, 2.24) is 5.32 Å². The predicted octanol–water partition coefficient (Wildman–Crippen LogP) is 4.72. The zero-order valence-corrected chi connectivity index (χ0v) is 18.6. The number of ether oxygens (including phenoxy) is 1. The smallest absolute Gasteiger partial charge is 0.255 e. The zero-order valence-electron chi connectivity index (χ0n) is 18.6. The fourth-order valence-corrected chi connectivity index (χ4v) is 3.78. The van der Waals surface area contributed by atoms with Crippen LogP contribution in [0.25, 0.3) is 16.5 Å². The molecule has 4 rings (SSSR count). The molecule has 0 radical (unpaired) electrons. The number of para-hydroxylation sites is 1. The Morgan fingerprint density at radius 2 is 2.03 bits per heavy atom. The lowest BCUT2D eigenvalue weighted by molar-refractivity contribution is -0.116. The van der Waals surface area contributed by atoms with Gasteiger partial charge in [-0.2, -0.15) is 10.1 Å². The Bertz CT molecular complexity index is 1260. The molecular formula is C25H25N3O4. The third-order valence-electron chi connectivity index (χ3n) is 5.34. The van der Waals surface area contributed by atoms with Gasteiger partial charge in [0.05, 0.1) is 25.0 Å². The number of hydrazone groups is 1. The molecule has 0 fully saturated rings. The Morgan fingerprint density at radius 3 is 2.75 bits per heavy atom. The van der Waals surface area contributed by atoms with Crippen molar-refractivity contribution in [3.63, 3.8) is 0 Å². The lowest BCUT2D eigenvalue weighted by atomic mass is 9.98. The average molecular weight is 431 g/mol. The summed E-state index contributed by atoms with van der Waals surface area (Å²) in [6.45, 7) is 8.20. The van der Waals surface area contributed by atoms with Crippen LogP contribution in [0, 0.1) is 13.8 Å². The van der Waals surface area contributed by atoms with Crippen molar-refractivity contribution >= 4 is 39.9 Å². The van der Waals surface area contributed by atoms with E-state index in [4.69, 9.17) is 9.15 Å². The van der Waals surface area contributed by atoms with Crippen LogP contribution >= 0.6 is 0 Å². The largest absolute Gasteiger partial charge is 0.493 e. The van der Waals surface area contributed by atoms with E-state index in [1.165, 1.54) is 11.1 Å². The summed E-state index contributed by atoms with van der Waals surface area (Å²) >= 11 is 0. The van der Waals surface area contributed by atoms with Crippen LogP contribution in [0.1, 0.15) is 37.0 Å². The van der Waals surface area contributed by atoms with Gasteiger partial charge in [0, 0.05) is 22.6 Å². The summed E-state index contributed by atoms with van der Waals surface area (Å²) < 4.78 is 11.6. The van der Waals surface area contributed by atoms with Gasteiger partial charge in [-0.3, -0.25) is 9.59 Å². The summed E-state index contributed by atoms with van der Waals surface area (Å²) in [4.78, 5) is 25.0. The van der Waals surface area contributed by atoms with Crippen LogP contribution in [0.2, 0.25) is 0 Å². The molecule has 0 aliphatic carbocycles. The van der Waals surface area contributed by atoms with E-state index in [2.05, 4.69) is 10.4 Å². The Balaban J connectivity index is 1.60. The number of allylic oxidation sites excluding steroid dienone is 1. The number of rotatable bonds is 5. The minimum Gasteiger partial charge on any atom is -0.493 e. The molecular weight excluding hydrogens is 406 g/mol. The normalized spacial score (nSPS) is 14.1. The first-order chi connectivity index (χ1) is 15.4. The number of nitrogens with zero attached hydrogens (tertiary/aromatic N) is 2. The lowest BCUT2D eigenvalue weighted by Gasteiger charge is -2.14. The van der Waals surface area contributed by atoms with Crippen molar-refractivity contribution in [3.05, 3.63) is 65.4 Å². The number of anilines is 1. The topological polar surface area (TPSA) is 84.1 Å². The summed E-state index contributed by atoms with van der Waals surface area (Å²) in [5.41, 5.74) is 4.92. The number of amidine groups is 1. The number of furan rings is 1. The fourth-order valence-electron chi connectivity index (χ4n) is 3.78. The Kier molecular flexibility index (Phi) is 5.81. The molecule has 0 atom stereocenters. The number of hydrogen-bond donors (Lipinski definition) is 1. The molecule has 0 unspecified atom stereocenters. The molecule has 0 saturated carbocycles. The number of nitrogens with one attached hydrogen (secondary N) is 1. The molecule has 7 nitrogen and oxygen atoms in total. The molecule has 2 aromatic carbocycles. The third kappa shape index (κ3) is 4.01. The second-order valence-corrected chi connectivity index (χ2v) is 7.69. The first kappa shape index (κ1) is 21.4. The first-order valence-corrected chi connectivity index (χ1v) is 10.5. The Hall–Kier alpha value is -3.87. The molecule has 1 aromatic heterocycles. The summed E-state index contributed by atoms with van der Waals surface area (Å²) in [6.07, 6.45) is 3.25. The van der Waals surface area contributed by atoms with Crippen LogP contribution in [-0.4, -0.2) is 24.3 Å². The number of aryl methyl sites for hydroxylation is 2. The van der Waals surface area contributed by atoms with Crippen molar-refractivity contribution in [2.75, 3.05) is 11.6 Å². The standard InChI is InChI=1S/C25H25N3O4/c1-5-31-24-17(4)25-20(16(3)14-32-25)12-19(24)15(2)11-22(29)26-21-13-23(30)28(27-21)18-9-7-6-8-10-18/h6-12,14H,5,13H2,1-4H3,(H,26,27,29)/b15-11+. The highest BCUT2D eigenvalue weighted by Gasteiger charge is 2.26. The summed E-state index contributed by atoms with van der Waals surface area (Å²) in [7, 11) is 0. The SMILES string of the molecule is CCOc1c(/C(C)=C/C(=O)NC2=NN(c3ccccc3)C(=O)C2)cc2c(C)coc2c1C. The fraction of sp³-hybridized carbons (Fsp3) is 0.240. The second kappa shape index (κ2) is 8.70. The molecule has 0 spiro atoms. The van der Waals surface area contributed by atoms with Gasteiger partial charge in [0.25, 0.3) is 5.91 Å². The van der Waals surface area contributed by atoms with Crippen LogP contribution in [0.15, 0.2) is 58.3 Å². The van der Waals surface area contributed by atoms with Crippen LogP contribution in [0.4, 0.5) is 5.69 Å². The highest BCUT2D eigenvalue weighted by molar-refractivity contribution is 6.17. The van der Waals surface area contributed by atoms with Gasteiger partial charge in [0.1, 0.15) is 17.2 Å². The van der Waals surface area contributed by atoms with E-state index >= 15 is 0 Å². The predicted molar refractivity (Wildman–Crippen MR) is 125 cm³/mol. The van der Waals surface area contributed by atoms with Crippen LogP contribution < -0.4 is 15.1 Å². The van der Waals surface area contributed by atoms with E-state index in [0.29, 0.717) is 23.9 Å². The molecule has 1 aliphatic rings. The van der Waals surface area contributed by atoms with E-state index < -0.39 is 0 Å². The molecule has 0 saturated heterocycles. The number of benzene rings is 2. The average Bonchev–Trinajstić information content (AvgIpc) is 3.32. The number of carbonyl (C=O) groups excluding carboxylic acids is 2. The van der Waals surface area contributed by atoms with Gasteiger partial charge in [-0.25, -0.2) is 0 Å². The maximum Gasteiger partial charge on any atom is 0.255 e. The number of fused-ring (bicyclic) bond motifs is 1. The minimum atomic E-state index is -0.354. The minimum absolute atomic E-state index is 0.0387. The highest BCUT2D eigenvalue weighted by atomic mass is 16.5. The van der Waals surface area contributed by atoms with Crippen molar-refractivity contribution in [1.29, 1.82) is 0 Å². The number of amides is 2. The van der Waals surface area contributed by atoms with Crippen molar-refractivity contribution in [2.24, 2.45) is 5.10 Å². The van der Waals surface area contributed by atoms with Gasteiger partial charge < -0.3 is 14.5 Å². The molecule has 0 bridgehead atoms. The van der Waals surface area contributed by atoms with Crippen LogP contribution in [-0.2, 0) is 9.59 Å². The molecule has 2 heterocycles. The third-order valence-corrected chi connectivity index (χ3v) is 5.34. The summed E-state index contributed by atoms with van der Waals surface area (Å²) in [5.74, 6) is 0.463. The van der Waals surface area contributed by atoms with Gasteiger partial charge in [0.15, 0.2) is 0 Å². The molecule has 164 valence electrons. The maximum absolute atomic E-state index is 12.7. The lowest BCUT2D eigenvalue weighted by Crippen LogP contribution is -2.28. The summed E-state index contributed by atoms with van der Waals surface area (Å²) in [5, 5.41) is 9.29. The van der Waals surface area contributed by atoms with Crippen LogP contribution in [0.3, 0.4) is 0 Å². The molecule has 2 amide bonds. The van der Waals surface area contributed by atoms with E-state index in [-0.39, 0.29) is 18.2 Å². The first-order valence-electron chi connectivity index (χ1n) is 10.5. The Labute approximate surface area is 186 Å². The van der Waals surface area contributed by atoms with E-state index in [1.807, 2.05) is 52.0 Å². The van der Waals surface area contributed by atoms with Gasteiger partial charge in [-0.1, -0.05) is 18.2 Å². The van der Waals surface area contributed by atoms with Gasteiger partial charge in [0.2, 0.25) is 5.91 Å². The van der Waals surface area contributed by atoms with Crippen molar-refractivity contribution in [3.8, 4) is 5.75 Å². The Morgan fingerprint density at radius 1 is 1.28 bits per heavy atom. The van der Waals surface area contributed by atoms with E-state index in [1.54, 1.807) is 18.4 Å². The summed E-state index contributed by atoms with van der Waals surface area (Å²) in [6, 6.07) is 11.1. The van der Waals surface area contributed by atoms with Crippen molar-refractivity contribution < 1.29 is 18.7 Å². The van der Waals surface area contributed by atoms with E-state index in [0.717, 1.165) is 33.2 Å². The second-order valence-electron chi connectivity index (χ2n) is 7.69. The highest BCUT2D eigenvalue weighted by Crippen LogP contribution is 2.37. The monoisotopic (exact) mass is 431 g/mol. The number of carbonyl (C=O) groups is 2. The molecule has 32 heavy (non-hydrogen) atoms. The van der Waals surface area contributed by atoms with Gasteiger partial charge >= 0.3 is 0 Å². The van der Waals surface area contributed by atoms with Crippen LogP contribution in [0.5, 0.6) is 5.75 Å². The molecule has 1 aliphatic heterocycles.